The smallest absolute Gasteiger partial charge is 0.336 e. The Bertz CT molecular complexity index is 714. The minimum Gasteiger partial charge on any atom is -0.496 e. The van der Waals surface area contributed by atoms with Crippen molar-refractivity contribution in [3.63, 3.8) is 0 Å². The Balaban J connectivity index is 2.22. The van der Waals surface area contributed by atoms with E-state index in [0.717, 1.165) is 16.5 Å². The molecule has 1 aromatic heterocycles. The minimum atomic E-state index is -0.380. The van der Waals surface area contributed by atoms with Crippen molar-refractivity contribution in [3.8, 4) is 5.75 Å². The fourth-order valence-electron chi connectivity index (χ4n) is 2.29. The Morgan fingerprint density at radius 3 is 2.68 bits per heavy atom. The van der Waals surface area contributed by atoms with Gasteiger partial charge < -0.3 is 13.9 Å². The quantitative estimate of drug-likeness (QED) is 0.482. The molecule has 1 aliphatic rings. The zero-order valence-corrected chi connectivity index (χ0v) is 10.8. The van der Waals surface area contributed by atoms with Crippen LogP contribution in [0.5, 0.6) is 5.75 Å². The molecule has 0 bridgehead atoms. The van der Waals surface area contributed by atoms with Gasteiger partial charge in [-0.1, -0.05) is 6.58 Å². The molecular formula is C15H14O4. The fraction of sp³-hybridized carbons (Fsp3) is 0.267. The number of hydrogen-bond acceptors (Lipinski definition) is 4. The molecular weight excluding hydrogens is 244 g/mol. The lowest BCUT2D eigenvalue weighted by atomic mass is 10.0. The summed E-state index contributed by atoms with van der Waals surface area (Å²) in [7, 11) is 1.59. The second-order valence-corrected chi connectivity index (χ2v) is 4.68. The van der Waals surface area contributed by atoms with Crippen LogP contribution in [0.4, 0.5) is 0 Å². The topological polar surface area (TPSA) is 52.0 Å². The van der Waals surface area contributed by atoms with Crippen molar-refractivity contribution in [3.05, 3.63) is 52.4 Å². The highest BCUT2D eigenvalue weighted by Gasteiger charge is 2.44. The normalized spacial score (nSPS) is 21.4. The third-order valence-corrected chi connectivity index (χ3v) is 3.27. The average molecular weight is 258 g/mol. The van der Waals surface area contributed by atoms with Crippen LogP contribution in [0.25, 0.3) is 11.0 Å². The fourth-order valence-corrected chi connectivity index (χ4v) is 2.29. The number of ether oxygens (including phenoxy) is 2. The van der Waals surface area contributed by atoms with Crippen molar-refractivity contribution in [2.75, 3.05) is 7.11 Å². The Hall–Kier alpha value is -2.07. The second-order valence-electron chi connectivity index (χ2n) is 4.68. The highest BCUT2D eigenvalue weighted by molar-refractivity contribution is 5.83. The number of benzene rings is 1. The van der Waals surface area contributed by atoms with E-state index in [2.05, 4.69) is 6.58 Å². The first-order valence-electron chi connectivity index (χ1n) is 6.03. The molecule has 0 aliphatic carbocycles. The maximum Gasteiger partial charge on any atom is 0.336 e. The van der Waals surface area contributed by atoms with Gasteiger partial charge in [0.1, 0.15) is 23.5 Å². The zero-order valence-electron chi connectivity index (χ0n) is 10.8. The average Bonchev–Trinajstić information content (AvgIpc) is 3.17. The summed E-state index contributed by atoms with van der Waals surface area (Å²) in [5.41, 5.74) is 1.88. The van der Waals surface area contributed by atoms with Crippen LogP contribution in [0.2, 0.25) is 0 Å². The Morgan fingerprint density at radius 2 is 2.05 bits per heavy atom. The summed E-state index contributed by atoms with van der Waals surface area (Å²) in [6.07, 6.45) is -0.188. The maximum absolute atomic E-state index is 11.4. The highest BCUT2D eigenvalue weighted by atomic mass is 16.6. The molecule has 2 atom stereocenters. The summed E-state index contributed by atoms with van der Waals surface area (Å²) < 4.78 is 16.3. The van der Waals surface area contributed by atoms with Gasteiger partial charge in [0.15, 0.2) is 0 Å². The summed E-state index contributed by atoms with van der Waals surface area (Å²) in [5, 5.41) is 0.853. The lowest BCUT2D eigenvalue weighted by Gasteiger charge is -2.08. The first-order chi connectivity index (χ1) is 9.11. The number of methoxy groups -OCH3 is 1. The molecule has 1 aliphatic heterocycles. The van der Waals surface area contributed by atoms with Gasteiger partial charge in [0, 0.05) is 11.5 Å². The number of rotatable bonds is 3. The predicted molar refractivity (Wildman–Crippen MR) is 71.5 cm³/mol. The predicted octanol–water partition coefficient (Wildman–Crippen LogP) is 2.82. The van der Waals surface area contributed by atoms with Gasteiger partial charge in [0.05, 0.1) is 12.7 Å². The number of fused-ring (bicyclic) bond motifs is 1. The van der Waals surface area contributed by atoms with E-state index in [1.807, 2.05) is 19.1 Å². The van der Waals surface area contributed by atoms with Crippen LogP contribution in [0, 0.1) is 0 Å². The first-order valence-corrected chi connectivity index (χ1v) is 6.03. The van der Waals surface area contributed by atoms with Crippen LogP contribution < -0.4 is 10.4 Å². The van der Waals surface area contributed by atoms with Crippen molar-refractivity contribution in [1.29, 1.82) is 0 Å². The highest BCUT2D eigenvalue weighted by Crippen LogP contribution is 2.48. The van der Waals surface area contributed by atoms with Gasteiger partial charge in [-0.3, -0.25) is 0 Å². The van der Waals surface area contributed by atoms with Crippen molar-refractivity contribution in [1.82, 2.24) is 0 Å². The third-order valence-electron chi connectivity index (χ3n) is 3.27. The molecule has 0 spiro atoms. The van der Waals surface area contributed by atoms with E-state index in [1.54, 1.807) is 13.2 Å². The summed E-state index contributed by atoms with van der Waals surface area (Å²) in [5.74, 6) is 0.663. The van der Waals surface area contributed by atoms with Gasteiger partial charge in [-0.15, -0.1) is 0 Å². The molecule has 0 radical (unpaired) electrons. The maximum atomic E-state index is 11.4. The standard InChI is InChI=1S/C15H14O4/c1-8(2)13-15(19-13)12-10(17-3)6-4-9-5-7-11(16)18-14(9)12/h4-7,13,15H,1H2,2-3H3/t13-,15-/m0/s1. The molecule has 1 saturated heterocycles. The van der Waals surface area contributed by atoms with Gasteiger partial charge in [-0.2, -0.15) is 0 Å². The summed E-state index contributed by atoms with van der Waals surface area (Å²) in [6.45, 7) is 5.80. The summed E-state index contributed by atoms with van der Waals surface area (Å²) in [6, 6.07) is 6.86. The van der Waals surface area contributed by atoms with Gasteiger partial charge in [0.2, 0.25) is 0 Å². The molecule has 2 heterocycles. The van der Waals surface area contributed by atoms with Crippen molar-refractivity contribution in [2.24, 2.45) is 0 Å². The molecule has 4 heteroatoms. The molecule has 3 rings (SSSR count). The number of hydrogen-bond donors (Lipinski definition) is 0. The lowest BCUT2D eigenvalue weighted by molar-refractivity contribution is 0.370. The molecule has 0 N–H and O–H groups in total. The van der Waals surface area contributed by atoms with E-state index in [0.29, 0.717) is 11.3 Å². The second kappa shape index (κ2) is 4.24. The lowest BCUT2D eigenvalue weighted by Crippen LogP contribution is -2.00. The molecule has 1 fully saturated rings. The zero-order chi connectivity index (χ0) is 13.6. The van der Waals surface area contributed by atoms with E-state index in [4.69, 9.17) is 13.9 Å². The third kappa shape index (κ3) is 1.94. The van der Waals surface area contributed by atoms with Crippen LogP contribution in [-0.4, -0.2) is 13.2 Å². The molecule has 4 nitrogen and oxygen atoms in total. The van der Waals surface area contributed by atoms with E-state index >= 15 is 0 Å². The van der Waals surface area contributed by atoms with Crippen molar-refractivity contribution in [2.45, 2.75) is 19.1 Å². The first kappa shape index (κ1) is 12.0. The van der Waals surface area contributed by atoms with Crippen LogP contribution in [0.3, 0.4) is 0 Å². The Morgan fingerprint density at radius 1 is 1.32 bits per heavy atom. The van der Waals surface area contributed by atoms with Crippen LogP contribution >= 0.6 is 0 Å². The van der Waals surface area contributed by atoms with Crippen molar-refractivity contribution < 1.29 is 13.9 Å². The van der Waals surface area contributed by atoms with Crippen molar-refractivity contribution >= 4 is 11.0 Å². The minimum absolute atomic E-state index is 0.0370. The molecule has 0 saturated carbocycles. The molecule has 98 valence electrons. The van der Waals surface area contributed by atoms with Gasteiger partial charge in [-0.25, -0.2) is 4.79 Å². The van der Waals surface area contributed by atoms with Crippen LogP contribution in [-0.2, 0) is 4.74 Å². The van der Waals surface area contributed by atoms with Crippen LogP contribution in [0.1, 0.15) is 18.6 Å². The Labute approximate surface area is 110 Å². The SMILES string of the molecule is C=C(C)[C@@H]1O[C@H]1c1c(OC)ccc2ccc(=O)oc12. The largest absolute Gasteiger partial charge is 0.496 e. The molecule has 0 unspecified atom stereocenters. The van der Waals surface area contributed by atoms with Gasteiger partial charge in [0.25, 0.3) is 0 Å². The molecule has 1 aromatic carbocycles. The molecule has 0 amide bonds. The summed E-state index contributed by atoms with van der Waals surface area (Å²) >= 11 is 0. The number of epoxide rings is 1. The van der Waals surface area contributed by atoms with E-state index in [1.165, 1.54) is 6.07 Å². The Kier molecular flexibility index (Phi) is 2.68. The van der Waals surface area contributed by atoms with E-state index in [9.17, 15) is 4.79 Å². The van der Waals surface area contributed by atoms with Gasteiger partial charge in [-0.05, 0) is 30.7 Å². The van der Waals surface area contributed by atoms with Crippen LogP contribution in [0.15, 0.2) is 45.6 Å². The molecule has 19 heavy (non-hydrogen) atoms. The monoisotopic (exact) mass is 258 g/mol. The van der Waals surface area contributed by atoms with E-state index < -0.39 is 0 Å². The van der Waals surface area contributed by atoms with Gasteiger partial charge >= 0.3 is 5.63 Å². The summed E-state index contributed by atoms with van der Waals surface area (Å²) in [4.78, 5) is 11.4. The molecule has 2 aromatic rings. The van der Waals surface area contributed by atoms with E-state index in [-0.39, 0.29) is 17.8 Å².